The maximum atomic E-state index is 12.4. The molecule has 31 heavy (non-hydrogen) atoms. The summed E-state index contributed by atoms with van der Waals surface area (Å²) < 4.78 is 0. The molecule has 0 atom stereocenters. The second kappa shape index (κ2) is 10.4. The highest BCUT2D eigenvalue weighted by Gasteiger charge is 2.34. The van der Waals surface area contributed by atoms with Crippen molar-refractivity contribution in [2.75, 3.05) is 26.2 Å². The molecule has 0 aliphatic carbocycles. The fraction of sp³-hybridized carbons (Fsp3) is 0.261. The van der Waals surface area contributed by atoms with Crippen molar-refractivity contribution in [2.45, 2.75) is 13.3 Å². The Labute approximate surface area is 198 Å². The number of nitrogens with one attached hydrogen (secondary N) is 3. The van der Waals surface area contributed by atoms with Gasteiger partial charge in [0.15, 0.2) is 5.96 Å². The number of carbonyl (C=O) groups excluding carboxylic acids is 2. The van der Waals surface area contributed by atoms with E-state index in [0.717, 1.165) is 18.5 Å². The predicted molar refractivity (Wildman–Crippen MR) is 133 cm³/mol. The maximum Gasteiger partial charge on any atom is 0.261 e. The van der Waals surface area contributed by atoms with Gasteiger partial charge < -0.3 is 15.6 Å². The average molecular weight is 531 g/mol. The second-order valence-electron chi connectivity index (χ2n) is 7.10. The Hall–Kier alpha value is -2.88. The monoisotopic (exact) mass is 531 g/mol. The summed E-state index contributed by atoms with van der Waals surface area (Å²) in [5, 5.41) is 7.64. The van der Waals surface area contributed by atoms with E-state index in [0.29, 0.717) is 36.7 Å². The molecule has 2 amide bonds. The molecule has 0 fully saturated rings. The summed E-state index contributed by atoms with van der Waals surface area (Å²) in [5.41, 5.74) is 3.31. The molecule has 1 aliphatic heterocycles. The largest absolute Gasteiger partial charge is 0.361 e. The van der Waals surface area contributed by atoms with Gasteiger partial charge in [0.2, 0.25) is 0 Å². The van der Waals surface area contributed by atoms with Gasteiger partial charge in [-0.25, -0.2) is 0 Å². The zero-order valence-corrected chi connectivity index (χ0v) is 19.7. The van der Waals surface area contributed by atoms with Gasteiger partial charge in [0, 0.05) is 43.3 Å². The Bertz CT molecular complexity index is 1070. The molecule has 0 radical (unpaired) electrons. The number of imide groups is 1. The van der Waals surface area contributed by atoms with Gasteiger partial charge in [0.25, 0.3) is 11.8 Å². The van der Waals surface area contributed by atoms with Crippen LogP contribution in [0.3, 0.4) is 0 Å². The Kier molecular flexibility index (Phi) is 7.67. The number of nitrogens with zero attached hydrogens (tertiary/aromatic N) is 2. The number of aromatic amines is 1. The smallest absolute Gasteiger partial charge is 0.261 e. The number of para-hydroxylation sites is 1. The number of guanidine groups is 1. The molecule has 1 aromatic heterocycles. The van der Waals surface area contributed by atoms with E-state index in [9.17, 15) is 9.59 Å². The molecule has 1 aliphatic rings. The van der Waals surface area contributed by atoms with E-state index in [4.69, 9.17) is 0 Å². The lowest BCUT2D eigenvalue weighted by Gasteiger charge is -2.16. The third-order valence-corrected chi connectivity index (χ3v) is 5.18. The number of amides is 2. The topological polar surface area (TPSA) is 89.6 Å². The summed E-state index contributed by atoms with van der Waals surface area (Å²) in [7, 11) is 0. The van der Waals surface area contributed by atoms with Gasteiger partial charge in [-0.15, -0.1) is 24.0 Å². The standard InChI is InChI=1S/C23H25N5O2.HI/c1-2-24-23(25-12-11-16-15-27-20-10-6-5-7-17(16)20)26-13-14-28-21(29)18-8-3-4-9-19(18)22(28)30;/h3-10,15,27H,2,11-14H2,1H3,(H2,24,25,26);1H. The van der Waals surface area contributed by atoms with Gasteiger partial charge in [-0.1, -0.05) is 30.3 Å². The number of hydrogen-bond donors (Lipinski definition) is 3. The van der Waals surface area contributed by atoms with Crippen LogP contribution in [0.1, 0.15) is 33.2 Å². The molecular formula is C23H26IN5O2. The summed E-state index contributed by atoms with van der Waals surface area (Å²) in [6, 6.07) is 15.2. The number of benzene rings is 2. The zero-order valence-electron chi connectivity index (χ0n) is 17.4. The number of rotatable bonds is 7. The quantitative estimate of drug-likeness (QED) is 0.189. The predicted octanol–water partition coefficient (Wildman–Crippen LogP) is 3.18. The third-order valence-electron chi connectivity index (χ3n) is 5.18. The molecule has 8 heteroatoms. The normalized spacial score (nSPS) is 13.3. The summed E-state index contributed by atoms with van der Waals surface area (Å²) in [6.07, 6.45) is 2.85. The van der Waals surface area contributed by atoms with E-state index in [1.807, 2.05) is 25.3 Å². The SMILES string of the molecule is CCNC(=NCCc1c[nH]c2ccccc12)NCCN1C(=O)c2ccccc2C1=O.I. The van der Waals surface area contributed by atoms with Gasteiger partial charge in [-0.3, -0.25) is 19.5 Å². The van der Waals surface area contributed by atoms with Crippen LogP contribution in [-0.2, 0) is 6.42 Å². The second-order valence-corrected chi connectivity index (χ2v) is 7.10. The van der Waals surface area contributed by atoms with Crippen molar-refractivity contribution in [3.63, 3.8) is 0 Å². The van der Waals surface area contributed by atoms with Gasteiger partial charge in [-0.2, -0.15) is 0 Å². The molecule has 0 saturated carbocycles. The van der Waals surface area contributed by atoms with Crippen molar-refractivity contribution >= 4 is 52.7 Å². The highest BCUT2D eigenvalue weighted by molar-refractivity contribution is 14.0. The molecule has 2 heterocycles. The fourth-order valence-corrected chi connectivity index (χ4v) is 3.70. The van der Waals surface area contributed by atoms with Crippen LogP contribution in [0.5, 0.6) is 0 Å². The van der Waals surface area contributed by atoms with Crippen LogP contribution in [0.15, 0.2) is 59.7 Å². The van der Waals surface area contributed by atoms with Gasteiger partial charge >= 0.3 is 0 Å². The highest BCUT2D eigenvalue weighted by atomic mass is 127. The molecule has 0 unspecified atom stereocenters. The van der Waals surface area contributed by atoms with Crippen LogP contribution >= 0.6 is 24.0 Å². The zero-order chi connectivity index (χ0) is 20.9. The van der Waals surface area contributed by atoms with E-state index in [1.54, 1.807) is 24.3 Å². The van der Waals surface area contributed by atoms with Crippen LogP contribution < -0.4 is 10.6 Å². The number of halogens is 1. The van der Waals surface area contributed by atoms with Crippen molar-refractivity contribution in [3.8, 4) is 0 Å². The number of aromatic nitrogens is 1. The van der Waals surface area contributed by atoms with Crippen molar-refractivity contribution in [1.29, 1.82) is 0 Å². The van der Waals surface area contributed by atoms with Gasteiger partial charge in [-0.05, 0) is 37.1 Å². The number of carbonyl (C=O) groups is 2. The molecule has 4 rings (SSSR count). The van der Waals surface area contributed by atoms with E-state index in [-0.39, 0.29) is 35.8 Å². The molecular weight excluding hydrogens is 505 g/mol. The van der Waals surface area contributed by atoms with E-state index >= 15 is 0 Å². The minimum Gasteiger partial charge on any atom is -0.361 e. The number of H-pyrrole nitrogens is 1. The van der Waals surface area contributed by atoms with Crippen molar-refractivity contribution < 1.29 is 9.59 Å². The number of hydrogen-bond acceptors (Lipinski definition) is 3. The lowest BCUT2D eigenvalue weighted by Crippen LogP contribution is -2.43. The van der Waals surface area contributed by atoms with Crippen molar-refractivity contribution in [2.24, 2.45) is 4.99 Å². The van der Waals surface area contributed by atoms with E-state index in [2.05, 4.69) is 32.7 Å². The first-order valence-corrected chi connectivity index (χ1v) is 10.2. The van der Waals surface area contributed by atoms with Crippen molar-refractivity contribution in [3.05, 3.63) is 71.4 Å². The van der Waals surface area contributed by atoms with E-state index in [1.165, 1.54) is 15.8 Å². The molecule has 7 nitrogen and oxygen atoms in total. The molecule has 3 N–H and O–H groups in total. The first kappa shape index (κ1) is 22.8. The van der Waals surface area contributed by atoms with Crippen molar-refractivity contribution in [1.82, 2.24) is 20.5 Å². The Morgan fingerprint density at radius 3 is 2.39 bits per heavy atom. The average Bonchev–Trinajstić information content (AvgIpc) is 3.28. The lowest BCUT2D eigenvalue weighted by atomic mass is 10.1. The first-order valence-electron chi connectivity index (χ1n) is 10.2. The van der Waals surface area contributed by atoms with Crippen LogP contribution in [0.4, 0.5) is 0 Å². The third kappa shape index (κ3) is 4.90. The minimum absolute atomic E-state index is 0. The van der Waals surface area contributed by atoms with Crippen LogP contribution in [-0.4, -0.2) is 53.8 Å². The molecule has 0 saturated heterocycles. The van der Waals surface area contributed by atoms with Gasteiger partial charge in [0.1, 0.15) is 0 Å². The Morgan fingerprint density at radius 1 is 1.00 bits per heavy atom. The van der Waals surface area contributed by atoms with E-state index < -0.39 is 0 Å². The Morgan fingerprint density at radius 2 is 1.68 bits per heavy atom. The van der Waals surface area contributed by atoms with Crippen LogP contribution in [0.2, 0.25) is 0 Å². The fourth-order valence-electron chi connectivity index (χ4n) is 3.70. The molecule has 3 aromatic rings. The summed E-state index contributed by atoms with van der Waals surface area (Å²) in [4.78, 5) is 34.1. The summed E-state index contributed by atoms with van der Waals surface area (Å²) >= 11 is 0. The van der Waals surface area contributed by atoms with Gasteiger partial charge in [0.05, 0.1) is 11.1 Å². The maximum absolute atomic E-state index is 12.4. The molecule has 2 aromatic carbocycles. The first-order chi connectivity index (χ1) is 14.7. The number of aliphatic imine (C=N–C) groups is 1. The lowest BCUT2D eigenvalue weighted by molar-refractivity contribution is 0.0657. The van der Waals surface area contributed by atoms with Crippen LogP contribution in [0.25, 0.3) is 10.9 Å². The number of fused-ring (bicyclic) bond motifs is 2. The van der Waals surface area contributed by atoms with Crippen LogP contribution in [0, 0.1) is 0 Å². The molecule has 0 bridgehead atoms. The highest BCUT2D eigenvalue weighted by Crippen LogP contribution is 2.21. The summed E-state index contributed by atoms with van der Waals surface area (Å²) in [5.74, 6) is 0.200. The Balaban J connectivity index is 0.00000272. The molecule has 0 spiro atoms. The molecule has 162 valence electrons. The minimum atomic E-state index is -0.237. The summed E-state index contributed by atoms with van der Waals surface area (Å²) in [6.45, 7) is 4.08.